The third-order valence-electron chi connectivity index (χ3n) is 4.62. The molecule has 0 atom stereocenters. The van der Waals surface area contributed by atoms with Gasteiger partial charge in [-0.25, -0.2) is 25.6 Å². The smallest absolute Gasteiger partial charge is 0.262 e. The SMILES string of the molecule is Cn1sc(=O)c2cc(S(=O)(=O)Nc3ccccc3NS(=O)(=O)c3cc(F)cc(F)c3)ccc21. The number of hydrogen-bond acceptors (Lipinski definition) is 6. The van der Waals surface area contributed by atoms with Crippen LogP contribution in [-0.2, 0) is 27.1 Å². The first-order valence-corrected chi connectivity index (χ1v) is 12.9. The van der Waals surface area contributed by atoms with Crippen LogP contribution in [-0.4, -0.2) is 20.8 Å². The van der Waals surface area contributed by atoms with Gasteiger partial charge in [-0.05, 0) is 54.0 Å². The number of fused-ring (bicyclic) bond motifs is 1. The standard InChI is InChI=1S/C20H15F2N3O5S3/c1-25-19-7-6-14(11-16(19)20(26)31-25)32(27,28)23-17-4-2-3-5-18(17)24-33(29,30)15-9-12(21)8-13(22)10-15/h2-11,23-24H,1H3. The maximum Gasteiger partial charge on any atom is 0.262 e. The summed E-state index contributed by atoms with van der Waals surface area (Å²) in [7, 11) is -6.98. The molecule has 4 aromatic rings. The number of nitrogens with one attached hydrogen (secondary N) is 2. The van der Waals surface area contributed by atoms with Crippen LogP contribution in [0, 0.1) is 11.6 Å². The Hall–Kier alpha value is -3.29. The number of rotatable bonds is 6. The van der Waals surface area contributed by atoms with Crippen LogP contribution in [0.3, 0.4) is 0 Å². The van der Waals surface area contributed by atoms with Crippen LogP contribution in [0.4, 0.5) is 20.2 Å². The van der Waals surface area contributed by atoms with Gasteiger partial charge in [0.15, 0.2) is 0 Å². The maximum atomic E-state index is 13.5. The number of sulfonamides is 2. The van der Waals surface area contributed by atoms with Crippen molar-refractivity contribution in [3.63, 3.8) is 0 Å². The largest absolute Gasteiger partial charge is 0.297 e. The molecule has 3 aromatic carbocycles. The zero-order chi connectivity index (χ0) is 24.0. The molecule has 33 heavy (non-hydrogen) atoms. The second-order valence-corrected chi connectivity index (χ2v) is 11.4. The second-order valence-electron chi connectivity index (χ2n) is 6.92. The molecule has 1 heterocycles. The highest BCUT2D eigenvalue weighted by molar-refractivity contribution is 7.93. The minimum atomic E-state index is -4.44. The van der Waals surface area contributed by atoms with E-state index in [4.69, 9.17) is 0 Å². The zero-order valence-corrected chi connectivity index (χ0v) is 19.2. The molecule has 0 fully saturated rings. The summed E-state index contributed by atoms with van der Waals surface area (Å²) in [5.74, 6) is -2.17. The van der Waals surface area contributed by atoms with Gasteiger partial charge in [-0.15, -0.1) is 0 Å². The van der Waals surface area contributed by atoms with Crippen molar-refractivity contribution in [2.75, 3.05) is 9.44 Å². The zero-order valence-electron chi connectivity index (χ0n) is 16.7. The molecule has 172 valence electrons. The van der Waals surface area contributed by atoms with Crippen LogP contribution in [0.15, 0.2) is 75.2 Å². The predicted octanol–water partition coefficient (Wildman–Crippen LogP) is 3.48. The molecule has 13 heteroatoms. The first-order chi connectivity index (χ1) is 15.5. The minimum Gasteiger partial charge on any atom is -0.297 e. The molecule has 2 N–H and O–H groups in total. The van der Waals surface area contributed by atoms with Crippen LogP contribution >= 0.6 is 11.5 Å². The fourth-order valence-electron chi connectivity index (χ4n) is 3.10. The van der Waals surface area contributed by atoms with E-state index in [1.54, 1.807) is 11.0 Å². The number of nitrogens with zero attached hydrogens (tertiary/aromatic N) is 1. The molecule has 0 aliphatic rings. The highest BCUT2D eigenvalue weighted by Gasteiger charge is 2.22. The van der Waals surface area contributed by atoms with Crippen LogP contribution in [0.25, 0.3) is 10.9 Å². The molecule has 0 spiro atoms. The molecule has 0 amide bonds. The Balaban J connectivity index is 1.69. The van der Waals surface area contributed by atoms with Crippen LogP contribution in [0.1, 0.15) is 0 Å². The Labute approximate surface area is 191 Å². The molecular formula is C20H15F2N3O5S3. The Morgan fingerprint density at radius 3 is 1.91 bits per heavy atom. The summed E-state index contributed by atoms with van der Waals surface area (Å²) in [6.45, 7) is 0. The fraction of sp³-hybridized carbons (Fsp3) is 0.0500. The van der Waals surface area contributed by atoms with Crippen LogP contribution in [0.5, 0.6) is 0 Å². The summed E-state index contributed by atoms with van der Waals surface area (Å²) >= 11 is 0.930. The van der Waals surface area contributed by atoms with Crippen molar-refractivity contribution in [2.45, 2.75) is 9.79 Å². The lowest BCUT2D eigenvalue weighted by Gasteiger charge is -2.15. The average molecular weight is 512 g/mol. The fourth-order valence-corrected chi connectivity index (χ4v) is 6.09. The summed E-state index contributed by atoms with van der Waals surface area (Å²) in [4.78, 5) is 11.2. The Morgan fingerprint density at radius 2 is 1.33 bits per heavy atom. The third-order valence-corrected chi connectivity index (χ3v) is 8.18. The quantitative estimate of drug-likeness (QED) is 0.411. The molecule has 0 saturated carbocycles. The van der Waals surface area contributed by atoms with Gasteiger partial charge in [0, 0.05) is 13.1 Å². The maximum absolute atomic E-state index is 13.5. The van der Waals surface area contributed by atoms with Crippen LogP contribution in [0.2, 0.25) is 0 Å². The average Bonchev–Trinajstić information content (AvgIpc) is 3.02. The number of para-hydroxylation sites is 2. The van der Waals surface area contributed by atoms with Gasteiger partial charge in [-0.2, -0.15) is 0 Å². The lowest BCUT2D eigenvalue weighted by atomic mass is 10.2. The molecule has 8 nitrogen and oxygen atoms in total. The Bertz CT molecular complexity index is 1640. The van der Waals surface area contributed by atoms with Crippen molar-refractivity contribution in [1.82, 2.24) is 3.96 Å². The van der Waals surface area contributed by atoms with E-state index in [-0.39, 0.29) is 26.4 Å². The van der Waals surface area contributed by atoms with Gasteiger partial charge in [-0.3, -0.25) is 18.2 Å². The molecule has 1 aromatic heterocycles. The lowest BCUT2D eigenvalue weighted by molar-refractivity contribution is 0.568. The number of aromatic nitrogens is 1. The van der Waals surface area contributed by atoms with Gasteiger partial charge < -0.3 is 0 Å². The van der Waals surface area contributed by atoms with Crippen molar-refractivity contribution >= 4 is 53.9 Å². The van der Waals surface area contributed by atoms with E-state index in [0.29, 0.717) is 23.7 Å². The van der Waals surface area contributed by atoms with Crippen molar-refractivity contribution in [2.24, 2.45) is 7.05 Å². The monoisotopic (exact) mass is 511 g/mol. The normalized spacial score (nSPS) is 12.1. The number of hydrogen-bond donors (Lipinski definition) is 2. The minimum absolute atomic E-state index is 0.128. The van der Waals surface area contributed by atoms with Gasteiger partial charge in [0.25, 0.3) is 24.8 Å². The second kappa shape index (κ2) is 8.24. The third kappa shape index (κ3) is 4.60. The first kappa shape index (κ1) is 22.9. The molecule has 0 saturated heterocycles. The molecule has 4 rings (SSSR count). The van der Waals surface area contributed by atoms with Crippen molar-refractivity contribution in [3.05, 3.63) is 81.8 Å². The van der Waals surface area contributed by atoms with E-state index in [1.807, 2.05) is 0 Å². The van der Waals surface area contributed by atoms with E-state index >= 15 is 0 Å². The summed E-state index contributed by atoms with van der Waals surface area (Å²) in [6, 6.07) is 11.3. The highest BCUT2D eigenvalue weighted by atomic mass is 32.2. The summed E-state index contributed by atoms with van der Waals surface area (Å²) in [5, 5.41) is 0.229. The number of anilines is 2. The number of aryl methyl sites for hydroxylation is 1. The summed E-state index contributed by atoms with van der Waals surface area (Å²) in [6.07, 6.45) is 0. The van der Waals surface area contributed by atoms with E-state index in [2.05, 4.69) is 9.44 Å². The summed E-state index contributed by atoms with van der Waals surface area (Å²) in [5.41, 5.74) is 0.272. The molecule has 0 unspecified atom stereocenters. The van der Waals surface area contributed by atoms with Gasteiger partial charge >= 0.3 is 0 Å². The van der Waals surface area contributed by atoms with Crippen molar-refractivity contribution in [3.8, 4) is 0 Å². The van der Waals surface area contributed by atoms with E-state index in [9.17, 15) is 30.4 Å². The number of benzene rings is 3. The Kier molecular flexibility index (Phi) is 5.72. The van der Waals surface area contributed by atoms with Gasteiger partial charge in [0.05, 0.1) is 32.1 Å². The highest BCUT2D eigenvalue weighted by Crippen LogP contribution is 2.28. The lowest BCUT2D eigenvalue weighted by Crippen LogP contribution is -2.18. The predicted molar refractivity (Wildman–Crippen MR) is 121 cm³/mol. The van der Waals surface area contributed by atoms with Gasteiger partial charge in [-0.1, -0.05) is 12.1 Å². The van der Waals surface area contributed by atoms with E-state index < -0.39 is 36.6 Å². The summed E-state index contributed by atoms with van der Waals surface area (Å²) < 4.78 is 83.8. The number of halogens is 2. The van der Waals surface area contributed by atoms with Crippen molar-refractivity contribution in [1.29, 1.82) is 0 Å². The van der Waals surface area contributed by atoms with Gasteiger partial charge in [0.2, 0.25) is 0 Å². The topological polar surface area (TPSA) is 114 Å². The van der Waals surface area contributed by atoms with E-state index in [0.717, 1.165) is 11.5 Å². The molecule has 0 aliphatic carbocycles. The van der Waals surface area contributed by atoms with E-state index in [1.165, 1.54) is 42.5 Å². The molecule has 0 aliphatic heterocycles. The molecule has 0 radical (unpaired) electrons. The first-order valence-electron chi connectivity index (χ1n) is 9.17. The van der Waals surface area contributed by atoms with Crippen LogP contribution < -0.4 is 14.2 Å². The molecule has 0 bridgehead atoms. The molecular weight excluding hydrogens is 496 g/mol. The van der Waals surface area contributed by atoms with Crippen molar-refractivity contribution < 1.29 is 25.6 Å². The Morgan fingerprint density at radius 1 is 0.788 bits per heavy atom. The van der Waals surface area contributed by atoms with Gasteiger partial charge in [0.1, 0.15) is 11.6 Å².